The second-order valence-corrected chi connectivity index (χ2v) is 8.77. The zero-order chi connectivity index (χ0) is 23.5. The number of carbonyl (C=O) groups is 2. The molecule has 0 aliphatic rings. The zero-order valence-electron chi connectivity index (χ0n) is 16.6. The molecule has 1 aromatic carbocycles. The normalized spacial score (nSPS) is 11.9. The Labute approximate surface area is 183 Å². The maximum absolute atomic E-state index is 13.7. The number of nitrogens with zero attached hydrogens (tertiary/aromatic N) is 1. The molecule has 0 bridgehead atoms. The van der Waals surface area contributed by atoms with Crippen molar-refractivity contribution in [3.05, 3.63) is 52.3 Å². The molecule has 0 aliphatic carbocycles. The van der Waals surface area contributed by atoms with Gasteiger partial charge in [0.2, 0.25) is 5.12 Å². The summed E-state index contributed by atoms with van der Waals surface area (Å²) in [7, 11) is 0. The van der Waals surface area contributed by atoms with Crippen LogP contribution in [0.5, 0.6) is 0 Å². The number of hydrogen-bond donors (Lipinski definition) is 1. The highest BCUT2D eigenvalue weighted by atomic mass is 32.2. The molecule has 0 amide bonds. The van der Waals surface area contributed by atoms with Gasteiger partial charge in [0.25, 0.3) is 6.43 Å². The molecule has 2 rings (SSSR count). The second-order valence-electron chi connectivity index (χ2n) is 6.84. The topological polar surface area (TPSA) is 67.3 Å². The number of rotatable bonds is 7. The summed E-state index contributed by atoms with van der Waals surface area (Å²) in [6.07, 6.45) is -7.29. The number of aromatic nitrogens is 1. The summed E-state index contributed by atoms with van der Waals surface area (Å²) in [5.41, 5.74) is -5.94. The van der Waals surface area contributed by atoms with Crippen LogP contribution in [0.1, 0.15) is 57.9 Å². The lowest BCUT2D eigenvalue weighted by molar-refractivity contribution is -0.141. The molecule has 1 aromatic heterocycles. The minimum Gasteiger partial charge on any atom is -0.478 e. The first kappa shape index (κ1) is 25.1. The van der Waals surface area contributed by atoms with Crippen molar-refractivity contribution in [3.8, 4) is 0 Å². The van der Waals surface area contributed by atoms with Crippen LogP contribution in [0.4, 0.5) is 22.0 Å². The van der Waals surface area contributed by atoms with E-state index in [1.165, 1.54) is 23.9 Å². The molecule has 0 fully saturated rings. The maximum atomic E-state index is 13.7. The first-order chi connectivity index (χ1) is 14.4. The summed E-state index contributed by atoms with van der Waals surface area (Å²) >= 11 is 1.88. The van der Waals surface area contributed by atoms with Gasteiger partial charge in [0.05, 0.1) is 11.1 Å². The van der Waals surface area contributed by atoms with Crippen molar-refractivity contribution in [2.75, 3.05) is 6.26 Å². The molecular weight excluding hydrogens is 461 g/mol. The van der Waals surface area contributed by atoms with Gasteiger partial charge in [-0.05, 0) is 60.2 Å². The molecular formula is C20H18F5NO3S2. The molecule has 0 radical (unpaired) electrons. The van der Waals surface area contributed by atoms with Crippen LogP contribution in [0.3, 0.4) is 0 Å². The number of benzene rings is 1. The molecule has 0 saturated heterocycles. The highest BCUT2D eigenvalue weighted by Crippen LogP contribution is 2.40. The van der Waals surface area contributed by atoms with E-state index < -0.39 is 57.7 Å². The van der Waals surface area contributed by atoms with Gasteiger partial charge in [0, 0.05) is 9.79 Å². The summed E-state index contributed by atoms with van der Waals surface area (Å²) < 4.78 is 68.0. The lowest BCUT2D eigenvalue weighted by Crippen LogP contribution is -2.23. The van der Waals surface area contributed by atoms with Gasteiger partial charge >= 0.3 is 12.1 Å². The molecule has 0 saturated carbocycles. The van der Waals surface area contributed by atoms with E-state index >= 15 is 0 Å². The van der Waals surface area contributed by atoms with Gasteiger partial charge in [0.15, 0.2) is 5.69 Å². The molecule has 1 N–H and O–H groups in total. The number of halogens is 5. The number of carboxylic acids is 1. The Kier molecular flexibility index (Phi) is 8.09. The van der Waals surface area contributed by atoms with Crippen LogP contribution in [0.2, 0.25) is 0 Å². The highest BCUT2D eigenvalue weighted by molar-refractivity contribution is 8.14. The van der Waals surface area contributed by atoms with E-state index in [1.54, 1.807) is 26.0 Å². The van der Waals surface area contributed by atoms with Crippen molar-refractivity contribution in [2.24, 2.45) is 5.92 Å². The average Bonchev–Trinajstić information content (AvgIpc) is 2.66. The summed E-state index contributed by atoms with van der Waals surface area (Å²) in [5.74, 6) is -2.28. The van der Waals surface area contributed by atoms with E-state index in [4.69, 9.17) is 0 Å². The van der Waals surface area contributed by atoms with Gasteiger partial charge in [-0.25, -0.2) is 18.6 Å². The van der Waals surface area contributed by atoms with Crippen molar-refractivity contribution in [1.29, 1.82) is 0 Å². The third-order valence-corrected chi connectivity index (χ3v) is 5.75. The molecule has 0 atom stereocenters. The summed E-state index contributed by atoms with van der Waals surface area (Å²) in [6.45, 7) is 3.15. The minimum absolute atomic E-state index is 0.319. The predicted octanol–water partition coefficient (Wildman–Crippen LogP) is 6.59. The largest absolute Gasteiger partial charge is 0.478 e. The number of aromatic carboxylic acids is 1. The van der Waals surface area contributed by atoms with Gasteiger partial charge in [0.1, 0.15) is 5.69 Å². The molecule has 0 unspecified atom stereocenters. The van der Waals surface area contributed by atoms with Crippen molar-refractivity contribution in [1.82, 2.24) is 4.98 Å². The Balaban J connectivity index is 2.77. The predicted molar refractivity (Wildman–Crippen MR) is 108 cm³/mol. The number of hydrogen-bond acceptors (Lipinski definition) is 5. The van der Waals surface area contributed by atoms with Crippen molar-refractivity contribution in [3.63, 3.8) is 0 Å². The lowest BCUT2D eigenvalue weighted by Gasteiger charge is -2.21. The van der Waals surface area contributed by atoms with Gasteiger partial charge < -0.3 is 5.11 Å². The summed E-state index contributed by atoms with van der Waals surface area (Å²) in [6, 6.07) is 6.40. The van der Waals surface area contributed by atoms with Gasteiger partial charge in [-0.3, -0.25) is 4.79 Å². The van der Waals surface area contributed by atoms with Crippen LogP contribution in [-0.4, -0.2) is 27.4 Å². The summed E-state index contributed by atoms with van der Waals surface area (Å²) in [4.78, 5) is 28.8. The fourth-order valence-corrected chi connectivity index (χ4v) is 4.11. The molecule has 2 aromatic rings. The van der Waals surface area contributed by atoms with E-state index in [0.717, 1.165) is 4.90 Å². The van der Waals surface area contributed by atoms with Crippen LogP contribution in [-0.2, 0) is 12.6 Å². The smallest absolute Gasteiger partial charge is 0.434 e. The fourth-order valence-electron chi connectivity index (χ4n) is 2.89. The number of carboxylic acid groups (broad SMARTS) is 1. The molecule has 31 heavy (non-hydrogen) atoms. The van der Waals surface area contributed by atoms with Crippen LogP contribution in [0.15, 0.2) is 34.1 Å². The first-order valence-electron chi connectivity index (χ1n) is 8.88. The zero-order valence-corrected chi connectivity index (χ0v) is 18.2. The Hall–Kier alpha value is -2.14. The van der Waals surface area contributed by atoms with Gasteiger partial charge in [-0.1, -0.05) is 13.8 Å². The number of alkyl halides is 5. The molecule has 0 aliphatic heterocycles. The van der Waals surface area contributed by atoms with Gasteiger partial charge in [-0.2, -0.15) is 13.2 Å². The van der Waals surface area contributed by atoms with E-state index in [-0.39, 0.29) is 6.42 Å². The Morgan fingerprint density at radius 2 is 1.61 bits per heavy atom. The third-order valence-electron chi connectivity index (χ3n) is 4.10. The molecule has 11 heteroatoms. The maximum Gasteiger partial charge on any atom is 0.434 e. The lowest BCUT2D eigenvalue weighted by atomic mass is 9.91. The number of carbonyl (C=O) groups excluding carboxylic acids is 1. The molecule has 168 valence electrons. The average molecular weight is 479 g/mol. The van der Waals surface area contributed by atoms with Crippen molar-refractivity contribution >= 4 is 34.6 Å². The van der Waals surface area contributed by atoms with E-state index in [1.807, 2.05) is 6.26 Å². The standard InChI is InChI=1S/C20H18F5NO3S2/c1-9(2)8-12-13(18(27)28)15(17(21)22)26-16(20(23,24)25)14(12)19(29)31-11-6-4-10(30-3)5-7-11/h4-7,9,17H,8H2,1-3H3,(H,27,28). The highest BCUT2D eigenvalue weighted by Gasteiger charge is 2.42. The van der Waals surface area contributed by atoms with E-state index in [0.29, 0.717) is 16.7 Å². The van der Waals surface area contributed by atoms with E-state index in [9.17, 15) is 36.6 Å². The Morgan fingerprint density at radius 1 is 1.06 bits per heavy atom. The van der Waals surface area contributed by atoms with Crippen LogP contribution >= 0.6 is 23.5 Å². The molecule has 1 heterocycles. The first-order valence-corrected chi connectivity index (χ1v) is 10.9. The van der Waals surface area contributed by atoms with Crippen LogP contribution in [0, 0.1) is 5.92 Å². The van der Waals surface area contributed by atoms with Crippen LogP contribution < -0.4 is 0 Å². The minimum atomic E-state index is -5.24. The third kappa shape index (κ3) is 5.97. The molecule has 0 spiro atoms. The van der Waals surface area contributed by atoms with Crippen LogP contribution in [0.25, 0.3) is 0 Å². The SMILES string of the molecule is CSc1ccc(SC(=O)c2c(C(F)(F)F)nc(C(F)F)c(C(=O)O)c2CC(C)C)cc1. The van der Waals surface area contributed by atoms with Gasteiger partial charge in [-0.15, -0.1) is 11.8 Å². The Morgan fingerprint density at radius 3 is 2.03 bits per heavy atom. The second kappa shape index (κ2) is 9.99. The number of thioether (sulfide) groups is 2. The quantitative estimate of drug-likeness (QED) is 0.357. The van der Waals surface area contributed by atoms with E-state index in [2.05, 4.69) is 4.98 Å². The number of pyridine rings is 1. The van der Waals surface area contributed by atoms with Crippen molar-refractivity contribution < 1.29 is 36.6 Å². The Bertz CT molecular complexity index is 976. The van der Waals surface area contributed by atoms with Crippen molar-refractivity contribution in [2.45, 2.75) is 42.7 Å². The summed E-state index contributed by atoms with van der Waals surface area (Å²) in [5, 5.41) is 8.37. The molecule has 4 nitrogen and oxygen atoms in total. The monoisotopic (exact) mass is 479 g/mol. The fraction of sp³-hybridized carbons (Fsp3) is 0.350.